The maximum atomic E-state index is 12.3. The van der Waals surface area contributed by atoms with Crippen molar-refractivity contribution in [1.82, 2.24) is 15.5 Å². The molecule has 1 heterocycles. The fourth-order valence-corrected chi connectivity index (χ4v) is 3.04. The van der Waals surface area contributed by atoms with Crippen molar-refractivity contribution in [3.05, 3.63) is 35.9 Å². The van der Waals surface area contributed by atoms with Crippen molar-refractivity contribution in [2.24, 2.45) is 5.92 Å². The number of methoxy groups -OCH3 is 1. The first-order valence-electron chi connectivity index (χ1n) is 9.26. The molecule has 152 valence electrons. The van der Waals surface area contributed by atoms with Crippen LogP contribution in [-0.2, 0) is 23.9 Å². The fourth-order valence-electron chi connectivity index (χ4n) is 3.04. The summed E-state index contributed by atoms with van der Waals surface area (Å²) in [6, 6.07) is 7.70. The molecule has 3 atom stereocenters. The summed E-state index contributed by atoms with van der Waals surface area (Å²) in [5.74, 6) is -1.74. The number of ether oxygens (including phenoxy) is 1. The summed E-state index contributed by atoms with van der Waals surface area (Å²) in [6.45, 7) is 4.96. The largest absolute Gasteiger partial charge is 0.467 e. The van der Waals surface area contributed by atoms with Crippen molar-refractivity contribution in [2.45, 2.75) is 45.3 Å². The highest BCUT2D eigenvalue weighted by atomic mass is 16.5. The van der Waals surface area contributed by atoms with Crippen LogP contribution >= 0.6 is 0 Å². The van der Waals surface area contributed by atoms with Crippen molar-refractivity contribution >= 4 is 23.7 Å². The molecule has 0 saturated carbocycles. The number of nitrogens with one attached hydrogen (secondary N) is 2. The molecule has 0 radical (unpaired) electrons. The van der Waals surface area contributed by atoms with E-state index < -0.39 is 29.9 Å². The van der Waals surface area contributed by atoms with Crippen molar-refractivity contribution < 1.29 is 23.9 Å². The molecule has 1 aliphatic rings. The predicted octanol–water partition coefficient (Wildman–Crippen LogP) is 0.779. The Labute approximate surface area is 164 Å². The zero-order valence-electron chi connectivity index (χ0n) is 16.6. The summed E-state index contributed by atoms with van der Waals surface area (Å²) in [5, 5.41) is 5.16. The SMILES string of the molecule is COC(=O)[C@@H](NC(=O)[C@H](C)NC(=O)CN1C(=O)CC1c1ccccc1)C(C)C. The van der Waals surface area contributed by atoms with Gasteiger partial charge in [0.05, 0.1) is 19.6 Å². The van der Waals surface area contributed by atoms with E-state index in [0.29, 0.717) is 6.42 Å². The third-order valence-electron chi connectivity index (χ3n) is 4.75. The van der Waals surface area contributed by atoms with Gasteiger partial charge in [0.2, 0.25) is 17.7 Å². The molecule has 1 fully saturated rings. The lowest BCUT2D eigenvalue weighted by Gasteiger charge is -2.40. The molecular weight excluding hydrogens is 362 g/mol. The minimum absolute atomic E-state index is 0.105. The lowest BCUT2D eigenvalue weighted by atomic mass is 9.94. The predicted molar refractivity (Wildman–Crippen MR) is 102 cm³/mol. The van der Waals surface area contributed by atoms with Crippen LogP contribution in [0.15, 0.2) is 30.3 Å². The van der Waals surface area contributed by atoms with E-state index in [-0.39, 0.29) is 24.4 Å². The van der Waals surface area contributed by atoms with E-state index in [1.165, 1.54) is 18.9 Å². The minimum Gasteiger partial charge on any atom is -0.467 e. The second-order valence-electron chi connectivity index (χ2n) is 7.19. The Morgan fingerprint density at radius 3 is 2.32 bits per heavy atom. The first-order chi connectivity index (χ1) is 13.2. The van der Waals surface area contributed by atoms with E-state index in [1.54, 1.807) is 13.8 Å². The fraction of sp³-hybridized carbons (Fsp3) is 0.500. The summed E-state index contributed by atoms with van der Waals surface area (Å²) >= 11 is 0. The lowest BCUT2D eigenvalue weighted by molar-refractivity contribution is -0.150. The standard InChI is InChI=1S/C20H27N3O5/c1-12(2)18(20(27)28-4)22-19(26)13(3)21-16(24)11-23-15(10-17(23)25)14-8-6-5-7-9-14/h5-9,12-13,15,18H,10-11H2,1-4H3,(H,21,24)(H,22,26)/t13-,15?,18-/m0/s1. The second kappa shape index (κ2) is 9.34. The zero-order chi connectivity index (χ0) is 20.8. The summed E-state index contributed by atoms with van der Waals surface area (Å²) in [6.07, 6.45) is 0.364. The maximum Gasteiger partial charge on any atom is 0.328 e. The number of carbonyl (C=O) groups is 4. The summed E-state index contributed by atoms with van der Waals surface area (Å²) in [7, 11) is 1.25. The number of nitrogens with zero attached hydrogens (tertiary/aromatic N) is 1. The summed E-state index contributed by atoms with van der Waals surface area (Å²) < 4.78 is 4.69. The molecule has 0 aromatic heterocycles. The Morgan fingerprint density at radius 2 is 1.79 bits per heavy atom. The Bertz CT molecular complexity index is 735. The smallest absolute Gasteiger partial charge is 0.328 e. The normalized spacial score (nSPS) is 18.1. The Morgan fingerprint density at radius 1 is 1.14 bits per heavy atom. The highest BCUT2D eigenvalue weighted by molar-refractivity contribution is 5.93. The molecule has 8 nitrogen and oxygen atoms in total. The molecule has 2 N–H and O–H groups in total. The average Bonchev–Trinajstić information content (AvgIpc) is 2.67. The third-order valence-corrected chi connectivity index (χ3v) is 4.75. The number of β-lactam (4-membered cyclic amide) rings is 1. The molecule has 1 aliphatic heterocycles. The van der Waals surface area contributed by atoms with Crippen LogP contribution in [0.3, 0.4) is 0 Å². The number of benzene rings is 1. The van der Waals surface area contributed by atoms with Crippen LogP contribution in [-0.4, -0.2) is 54.3 Å². The summed E-state index contributed by atoms with van der Waals surface area (Å²) in [5.41, 5.74) is 0.971. The second-order valence-corrected chi connectivity index (χ2v) is 7.19. The van der Waals surface area contributed by atoms with Gasteiger partial charge in [-0.15, -0.1) is 0 Å². The van der Waals surface area contributed by atoms with Gasteiger partial charge in [-0.1, -0.05) is 44.2 Å². The monoisotopic (exact) mass is 389 g/mol. The van der Waals surface area contributed by atoms with Gasteiger partial charge < -0.3 is 20.3 Å². The van der Waals surface area contributed by atoms with Crippen LogP contribution in [0.2, 0.25) is 0 Å². The van der Waals surface area contributed by atoms with Gasteiger partial charge >= 0.3 is 5.97 Å². The van der Waals surface area contributed by atoms with Gasteiger partial charge in [-0.25, -0.2) is 4.79 Å². The van der Waals surface area contributed by atoms with E-state index in [1.807, 2.05) is 30.3 Å². The van der Waals surface area contributed by atoms with Gasteiger partial charge in [-0.3, -0.25) is 14.4 Å². The van der Waals surface area contributed by atoms with Crippen LogP contribution in [0.5, 0.6) is 0 Å². The summed E-state index contributed by atoms with van der Waals surface area (Å²) in [4.78, 5) is 49.8. The third kappa shape index (κ3) is 5.09. The lowest BCUT2D eigenvalue weighted by Crippen LogP contribution is -2.55. The van der Waals surface area contributed by atoms with E-state index in [2.05, 4.69) is 10.6 Å². The quantitative estimate of drug-likeness (QED) is 0.505. The molecule has 3 amide bonds. The Balaban J connectivity index is 1.90. The first-order valence-corrected chi connectivity index (χ1v) is 9.26. The minimum atomic E-state index is -0.857. The van der Waals surface area contributed by atoms with Crippen molar-refractivity contribution in [2.75, 3.05) is 13.7 Å². The Kier molecular flexibility index (Phi) is 7.14. The van der Waals surface area contributed by atoms with E-state index in [0.717, 1.165) is 5.56 Å². The average molecular weight is 389 g/mol. The number of hydrogen-bond acceptors (Lipinski definition) is 5. The van der Waals surface area contributed by atoms with Gasteiger partial charge in [0.1, 0.15) is 18.6 Å². The molecule has 2 rings (SSSR count). The molecule has 0 aliphatic carbocycles. The molecule has 1 unspecified atom stereocenters. The van der Waals surface area contributed by atoms with E-state index in [9.17, 15) is 19.2 Å². The zero-order valence-corrected chi connectivity index (χ0v) is 16.6. The Hall–Kier alpha value is -2.90. The molecular formula is C20H27N3O5. The number of hydrogen-bond donors (Lipinski definition) is 2. The van der Waals surface area contributed by atoms with Crippen LogP contribution in [0.1, 0.15) is 38.8 Å². The molecule has 1 aromatic carbocycles. The van der Waals surface area contributed by atoms with Gasteiger partial charge in [-0.05, 0) is 18.4 Å². The van der Waals surface area contributed by atoms with Gasteiger partial charge in [-0.2, -0.15) is 0 Å². The first kappa shape index (κ1) is 21.4. The number of esters is 1. The maximum absolute atomic E-state index is 12.3. The van der Waals surface area contributed by atoms with E-state index >= 15 is 0 Å². The van der Waals surface area contributed by atoms with Gasteiger partial charge in [0, 0.05) is 0 Å². The highest BCUT2D eigenvalue weighted by Gasteiger charge is 2.38. The van der Waals surface area contributed by atoms with Gasteiger partial charge in [0.15, 0.2) is 0 Å². The van der Waals surface area contributed by atoms with Crippen LogP contribution in [0.25, 0.3) is 0 Å². The number of carbonyl (C=O) groups excluding carboxylic acids is 4. The van der Waals surface area contributed by atoms with Crippen molar-refractivity contribution in [3.63, 3.8) is 0 Å². The van der Waals surface area contributed by atoms with Crippen LogP contribution in [0.4, 0.5) is 0 Å². The van der Waals surface area contributed by atoms with Crippen molar-refractivity contribution in [3.8, 4) is 0 Å². The van der Waals surface area contributed by atoms with E-state index in [4.69, 9.17) is 4.74 Å². The molecule has 1 saturated heterocycles. The molecule has 8 heteroatoms. The van der Waals surface area contributed by atoms with Crippen LogP contribution in [0, 0.1) is 5.92 Å². The molecule has 28 heavy (non-hydrogen) atoms. The molecule has 1 aromatic rings. The highest BCUT2D eigenvalue weighted by Crippen LogP contribution is 2.33. The van der Waals surface area contributed by atoms with Gasteiger partial charge in [0.25, 0.3) is 0 Å². The topological polar surface area (TPSA) is 105 Å². The van der Waals surface area contributed by atoms with Crippen molar-refractivity contribution in [1.29, 1.82) is 0 Å². The number of rotatable bonds is 8. The number of amides is 3. The molecule has 0 bridgehead atoms. The van der Waals surface area contributed by atoms with Crippen LogP contribution < -0.4 is 10.6 Å². The molecule has 0 spiro atoms. The number of likely N-dealkylation sites (tertiary alicyclic amines) is 1.